The zero-order valence-corrected chi connectivity index (χ0v) is 11.7. The standard InChI is InChI=1S/C12H21BrN2O/c1-3-4-5-6-7-8-11(16)12-10(13)9-14-15(12)2/h9,11,16H,3-8H2,1-2H3. The Morgan fingerprint density at radius 2 is 2.06 bits per heavy atom. The van der Waals surface area contributed by atoms with Crippen molar-refractivity contribution in [2.75, 3.05) is 0 Å². The summed E-state index contributed by atoms with van der Waals surface area (Å²) in [6.45, 7) is 2.21. The van der Waals surface area contributed by atoms with Crippen molar-refractivity contribution < 1.29 is 5.11 Å². The van der Waals surface area contributed by atoms with Gasteiger partial charge in [0.15, 0.2) is 0 Å². The fraction of sp³-hybridized carbons (Fsp3) is 0.750. The lowest BCUT2D eigenvalue weighted by molar-refractivity contribution is 0.153. The van der Waals surface area contributed by atoms with Crippen molar-refractivity contribution in [2.45, 2.75) is 51.6 Å². The van der Waals surface area contributed by atoms with E-state index in [0.717, 1.165) is 23.0 Å². The Kier molecular flexibility index (Phi) is 6.06. The molecule has 16 heavy (non-hydrogen) atoms. The number of aryl methyl sites for hydroxylation is 1. The molecule has 4 heteroatoms. The SMILES string of the molecule is CCCCCCCC(O)c1c(Br)cnn1C. The van der Waals surface area contributed by atoms with Crippen LogP contribution in [-0.4, -0.2) is 14.9 Å². The second-order valence-electron chi connectivity index (χ2n) is 4.22. The highest BCUT2D eigenvalue weighted by Gasteiger charge is 2.15. The number of rotatable bonds is 7. The smallest absolute Gasteiger partial charge is 0.0968 e. The van der Waals surface area contributed by atoms with Gasteiger partial charge >= 0.3 is 0 Å². The first-order chi connectivity index (χ1) is 7.66. The maximum Gasteiger partial charge on any atom is 0.0968 e. The highest BCUT2D eigenvalue weighted by Crippen LogP contribution is 2.26. The number of aromatic nitrogens is 2. The van der Waals surface area contributed by atoms with E-state index in [1.54, 1.807) is 10.9 Å². The highest BCUT2D eigenvalue weighted by atomic mass is 79.9. The van der Waals surface area contributed by atoms with Gasteiger partial charge in [0, 0.05) is 7.05 Å². The van der Waals surface area contributed by atoms with E-state index in [1.807, 2.05) is 7.05 Å². The quantitative estimate of drug-likeness (QED) is 0.779. The second kappa shape index (κ2) is 7.07. The molecule has 0 fully saturated rings. The molecule has 0 aromatic carbocycles. The Balaban J connectivity index is 2.32. The van der Waals surface area contributed by atoms with E-state index in [-0.39, 0.29) is 0 Å². The lowest BCUT2D eigenvalue weighted by atomic mass is 10.1. The van der Waals surface area contributed by atoms with Gasteiger partial charge in [0.25, 0.3) is 0 Å². The molecule has 1 N–H and O–H groups in total. The highest BCUT2D eigenvalue weighted by molar-refractivity contribution is 9.10. The Morgan fingerprint density at radius 3 is 2.62 bits per heavy atom. The van der Waals surface area contributed by atoms with E-state index in [4.69, 9.17) is 0 Å². The summed E-state index contributed by atoms with van der Waals surface area (Å²) in [6.07, 6.45) is 8.27. The van der Waals surface area contributed by atoms with E-state index in [2.05, 4.69) is 28.0 Å². The van der Waals surface area contributed by atoms with Crippen molar-refractivity contribution >= 4 is 15.9 Å². The molecular weight excluding hydrogens is 268 g/mol. The molecule has 3 nitrogen and oxygen atoms in total. The van der Waals surface area contributed by atoms with Gasteiger partial charge in [0.2, 0.25) is 0 Å². The van der Waals surface area contributed by atoms with Crippen LogP contribution in [0.15, 0.2) is 10.7 Å². The Labute approximate surface area is 106 Å². The monoisotopic (exact) mass is 288 g/mol. The molecule has 92 valence electrons. The Morgan fingerprint density at radius 1 is 1.38 bits per heavy atom. The fourth-order valence-electron chi connectivity index (χ4n) is 1.87. The van der Waals surface area contributed by atoms with Gasteiger partial charge in [-0.1, -0.05) is 39.0 Å². The predicted molar refractivity (Wildman–Crippen MR) is 69.2 cm³/mol. The average molecular weight is 289 g/mol. The minimum Gasteiger partial charge on any atom is -0.387 e. The molecule has 1 heterocycles. The first-order valence-electron chi connectivity index (χ1n) is 6.02. The first-order valence-corrected chi connectivity index (χ1v) is 6.81. The normalized spacial score (nSPS) is 13.0. The number of hydrogen-bond donors (Lipinski definition) is 1. The van der Waals surface area contributed by atoms with Crippen LogP contribution >= 0.6 is 15.9 Å². The molecule has 0 aliphatic carbocycles. The molecule has 0 aliphatic rings. The van der Waals surface area contributed by atoms with Crippen LogP contribution in [0.5, 0.6) is 0 Å². The predicted octanol–water partition coefficient (Wildman–Crippen LogP) is 3.58. The van der Waals surface area contributed by atoms with Crippen LogP contribution in [0.2, 0.25) is 0 Å². The minimum atomic E-state index is -0.400. The summed E-state index contributed by atoms with van der Waals surface area (Å²) in [5, 5.41) is 14.1. The second-order valence-corrected chi connectivity index (χ2v) is 5.07. The maximum atomic E-state index is 10.0. The van der Waals surface area contributed by atoms with E-state index in [9.17, 15) is 5.11 Å². The van der Waals surface area contributed by atoms with Crippen LogP contribution in [0.4, 0.5) is 0 Å². The summed E-state index contributed by atoms with van der Waals surface area (Å²) in [4.78, 5) is 0. The molecule has 1 unspecified atom stereocenters. The molecule has 1 aromatic rings. The third kappa shape index (κ3) is 3.91. The van der Waals surface area contributed by atoms with Gasteiger partial charge in [0.1, 0.15) is 0 Å². The molecule has 1 atom stereocenters. The van der Waals surface area contributed by atoms with Crippen molar-refractivity contribution in [3.8, 4) is 0 Å². The number of aliphatic hydroxyl groups is 1. The van der Waals surface area contributed by atoms with Crippen LogP contribution in [0.1, 0.15) is 57.2 Å². The Bertz CT molecular complexity index is 292. The molecule has 0 bridgehead atoms. The van der Waals surface area contributed by atoms with Crippen LogP contribution in [-0.2, 0) is 7.05 Å². The van der Waals surface area contributed by atoms with Gasteiger partial charge < -0.3 is 5.11 Å². The summed E-state index contributed by atoms with van der Waals surface area (Å²) in [5.41, 5.74) is 0.885. The first kappa shape index (κ1) is 13.7. The molecule has 0 saturated carbocycles. The number of nitrogens with zero attached hydrogens (tertiary/aromatic N) is 2. The lowest BCUT2D eigenvalue weighted by Crippen LogP contribution is -2.05. The molecule has 0 saturated heterocycles. The summed E-state index contributed by atoms with van der Waals surface area (Å²) in [7, 11) is 1.86. The fourth-order valence-corrected chi connectivity index (χ4v) is 2.49. The van der Waals surface area contributed by atoms with Crippen LogP contribution in [0.3, 0.4) is 0 Å². The van der Waals surface area contributed by atoms with Crippen molar-refractivity contribution in [3.05, 3.63) is 16.4 Å². The van der Waals surface area contributed by atoms with Crippen LogP contribution in [0.25, 0.3) is 0 Å². The van der Waals surface area contributed by atoms with Crippen molar-refractivity contribution in [1.82, 2.24) is 9.78 Å². The summed E-state index contributed by atoms with van der Waals surface area (Å²) >= 11 is 3.41. The molecule has 1 rings (SSSR count). The van der Waals surface area contributed by atoms with E-state index < -0.39 is 6.10 Å². The van der Waals surface area contributed by atoms with Gasteiger partial charge in [0.05, 0.1) is 22.5 Å². The van der Waals surface area contributed by atoms with Crippen LogP contribution in [0, 0.1) is 0 Å². The molecular formula is C12H21BrN2O. The Hall–Kier alpha value is -0.350. The lowest BCUT2D eigenvalue weighted by Gasteiger charge is -2.11. The number of hydrogen-bond acceptors (Lipinski definition) is 2. The largest absolute Gasteiger partial charge is 0.387 e. The van der Waals surface area contributed by atoms with Crippen LogP contribution < -0.4 is 0 Å². The molecule has 0 spiro atoms. The molecule has 0 aliphatic heterocycles. The van der Waals surface area contributed by atoms with Gasteiger partial charge in [-0.15, -0.1) is 0 Å². The number of aliphatic hydroxyl groups excluding tert-OH is 1. The molecule has 0 amide bonds. The summed E-state index contributed by atoms with van der Waals surface area (Å²) in [6, 6.07) is 0. The van der Waals surface area contributed by atoms with Gasteiger partial charge in [-0.3, -0.25) is 4.68 Å². The zero-order valence-electron chi connectivity index (χ0n) is 10.1. The maximum absolute atomic E-state index is 10.0. The third-order valence-corrected chi connectivity index (χ3v) is 3.45. The van der Waals surface area contributed by atoms with Crippen molar-refractivity contribution in [2.24, 2.45) is 7.05 Å². The van der Waals surface area contributed by atoms with E-state index >= 15 is 0 Å². The van der Waals surface area contributed by atoms with E-state index in [1.165, 1.54) is 25.7 Å². The topological polar surface area (TPSA) is 38.1 Å². The third-order valence-electron chi connectivity index (χ3n) is 2.83. The summed E-state index contributed by atoms with van der Waals surface area (Å²) in [5.74, 6) is 0. The number of halogens is 1. The van der Waals surface area contributed by atoms with Gasteiger partial charge in [-0.2, -0.15) is 5.10 Å². The average Bonchev–Trinajstić information content (AvgIpc) is 2.58. The summed E-state index contributed by atoms with van der Waals surface area (Å²) < 4.78 is 2.64. The van der Waals surface area contributed by atoms with Gasteiger partial charge in [-0.05, 0) is 22.4 Å². The zero-order chi connectivity index (χ0) is 12.0. The van der Waals surface area contributed by atoms with Crippen molar-refractivity contribution in [3.63, 3.8) is 0 Å². The van der Waals surface area contributed by atoms with Gasteiger partial charge in [-0.25, -0.2) is 0 Å². The van der Waals surface area contributed by atoms with Crippen molar-refractivity contribution in [1.29, 1.82) is 0 Å². The minimum absolute atomic E-state index is 0.400. The molecule has 1 aromatic heterocycles. The van der Waals surface area contributed by atoms with E-state index in [0.29, 0.717) is 0 Å². The number of unbranched alkanes of at least 4 members (excludes halogenated alkanes) is 4. The molecule has 0 radical (unpaired) electrons.